The molecular weight excluding hydrogens is 434 g/mol. The van der Waals surface area contributed by atoms with Gasteiger partial charge < -0.3 is 8.60 Å². The first kappa shape index (κ1) is 19.7. The normalized spacial score (nSPS) is 13.1. The molecule has 1 aromatic heterocycles. The quantitative estimate of drug-likeness (QED) is 0.377. The van der Waals surface area contributed by atoms with Crippen molar-refractivity contribution < 1.29 is 26.6 Å². The number of imide groups is 1. The van der Waals surface area contributed by atoms with E-state index in [1.165, 1.54) is 36.6 Å². The maximum absolute atomic E-state index is 12.8. The fourth-order valence-electron chi connectivity index (χ4n) is 3.45. The SMILES string of the molecule is O=C1NC(=O)c2cc(S(=O)(=O)Oc3ccc4c(=O)c(-c5ccccc5)coc4c3)ccc21. The van der Waals surface area contributed by atoms with Crippen molar-refractivity contribution in [1.29, 1.82) is 0 Å². The summed E-state index contributed by atoms with van der Waals surface area (Å²) in [4.78, 5) is 36.0. The summed E-state index contributed by atoms with van der Waals surface area (Å²) >= 11 is 0. The number of rotatable bonds is 4. The van der Waals surface area contributed by atoms with Crippen LogP contribution in [0.4, 0.5) is 0 Å². The van der Waals surface area contributed by atoms with Crippen LogP contribution in [0.2, 0.25) is 0 Å². The highest BCUT2D eigenvalue weighted by Crippen LogP contribution is 2.27. The van der Waals surface area contributed by atoms with Gasteiger partial charge in [0, 0.05) is 6.07 Å². The molecule has 4 aromatic rings. The number of carbonyl (C=O) groups excluding carboxylic acids is 2. The van der Waals surface area contributed by atoms with Gasteiger partial charge in [0.2, 0.25) is 0 Å². The Kier molecular flexibility index (Phi) is 4.42. The monoisotopic (exact) mass is 447 g/mol. The van der Waals surface area contributed by atoms with Gasteiger partial charge in [-0.25, -0.2) is 0 Å². The Hall–Kier alpha value is -4.24. The first-order chi connectivity index (χ1) is 15.3. The van der Waals surface area contributed by atoms with Gasteiger partial charge >= 0.3 is 10.1 Å². The fraction of sp³-hybridized carbons (Fsp3) is 0. The van der Waals surface area contributed by atoms with Gasteiger partial charge in [0.05, 0.1) is 22.1 Å². The molecule has 2 heterocycles. The largest absolute Gasteiger partial charge is 0.463 e. The predicted molar refractivity (Wildman–Crippen MR) is 114 cm³/mol. The van der Waals surface area contributed by atoms with Crippen LogP contribution in [0.5, 0.6) is 5.75 Å². The summed E-state index contributed by atoms with van der Waals surface area (Å²) in [7, 11) is -4.32. The Bertz CT molecular complexity index is 1590. The van der Waals surface area contributed by atoms with Crippen LogP contribution in [0.1, 0.15) is 20.7 Å². The second-order valence-corrected chi connectivity index (χ2v) is 8.58. The molecule has 3 aromatic carbocycles. The summed E-state index contributed by atoms with van der Waals surface area (Å²) < 4.78 is 36.1. The summed E-state index contributed by atoms with van der Waals surface area (Å²) in [6, 6.07) is 16.6. The van der Waals surface area contributed by atoms with E-state index in [1.54, 1.807) is 24.3 Å². The molecule has 5 rings (SSSR count). The van der Waals surface area contributed by atoms with Crippen LogP contribution < -0.4 is 14.9 Å². The summed E-state index contributed by atoms with van der Waals surface area (Å²) in [6.45, 7) is 0. The van der Waals surface area contributed by atoms with Crippen LogP contribution in [0, 0.1) is 0 Å². The molecule has 0 atom stereocenters. The van der Waals surface area contributed by atoms with E-state index in [1.807, 2.05) is 6.07 Å². The van der Waals surface area contributed by atoms with Gasteiger partial charge in [-0.15, -0.1) is 0 Å². The zero-order chi connectivity index (χ0) is 22.5. The van der Waals surface area contributed by atoms with E-state index in [4.69, 9.17) is 8.60 Å². The highest BCUT2D eigenvalue weighted by Gasteiger charge is 2.29. The number of hydrogen-bond donors (Lipinski definition) is 1. The lowest BCUT2D eigenvalue weighted by molar-refractivity contribution is 0.0879. The topological polar surface area (TPSA) is 120 Å². The van der Waals surface area contributed by atoms with Gasteiger partial charge in [-0.05, 0) is 35.9 Å². The van der Waals surface area contributed by atoms with Crippen LogP contribution in [-0.4, -0.2) is 20.2 Å². The number of benzene rings is 3. The van der Waals surface area contributed by atoms with Crippen molar-refractivity contribution in [1.82, 2.24) is 5.32 Å². The van der Waals surface area contributed by atoms with E-state index in [-0.39, 0.29) is 38.2 Å². The molecule has 1 aliphatic heterocycles. The Balaban J connectivity index is 1.49. The van der Waals surface area contributed by atoms with E-state index >= 15 is 0 Å². The second kappa shape index (κ2) is 7.17. The zero-order valence-corrected chi connectivity index (χ0v) is 17.0. The van der Waals surface area contributed by atoms with E-state index in [9.17, 15) is 22.8 Å². The Morgan fingerprint density at radius 3 is 2.31 bits per heavy atom. The molecule has 2 amide bonds. The Morgan fingerprint density at radius 2 is 1.53 bits per heavy atom. The number of carbonyl (C=O) groups is 2. The minimum atomic E-state index is -4.32. The third kappa shape index (κ3) is 3.25. The zero-order valence-electron chi connectivity index (χ0n) is 16.2. The highest BCUT2D eigenvalue weighted by atomic mass is 32.2. The van der Waals surface area contributed by atoms with Crippen LogP contribution in [0.3, 0.4) is 0 Å². The first-order valence-corrected chi connectivity index (χ1v) is 10.8. The average Bonchev–Trinajstić information content (AvgIpc) is 3.07. The van der Waals surface area contributed by atoms with Gasteiger partial charge in [0.1, 0.15) is 22.5 Å². The maximum Gasteiger partial charge on any atom is 0.339 e. The molecule has 0 fully saturated rings. The molecule has 1 aliphatic rings. The lowest BCUT2D eigenvalue weighted by Crippen LogP contribution is -2.19. The summed E-state index contributed by atoms with van der Waals surface area (Å²) in [6.07, 6.45) is 1.31. The van der Waals surface area contributed by atoms with Gasteiger partial charge in [-0.2, -0.15) is 8.42 Å². The molecule has 158 valence electrons. The number of fused-ring (bicyclic) bond motifs is 2. The Labute approximate surface area is 181 Å². The number of amides is 2. The van der Waals surface area contributed by atoms with Gasteiger partial charge in [0.25, 0.3) is 11.8 Å². The third-order valence-corrected chi connectivity index (χ3v) is 6.28. The van der Waals surface area contributed by atoms with Crippen molar-refractivity contribution in [3.05, 3.63) is 94.3 Å². The second-order valence-electron chi connectivity index (χ2n) is 7.03. The molecular formula is C23H13NO7S. The van der Waals surface area contributed by atoms with E-state index in [2.05, 4.69) is 5.32 Å². The first-order valence-electron chi connectivity index (χ1n) is 9.39. The maximum atomic E-state index is 12.8. The third-order valence-electron chi connectivity index (χ3n) is 5.03. The summed E-state index contributed by atoms with van der Waals surface area (Å²) in [5, 5.41) is 2.36. The van der Waals surface area contributed by atoms with Gasteiger partial charge in [0.15, 0.2) is 5.43 Å². The Morgan fingerprint density at radius 1 is 0.781 bits per heavy atom. The number of hydrogen-bond acceptors (Lipinski definition) is 7. The van der Waals surface area contributed by atoms with Gasteiger partial charge in [-0.1, -0.05) is 30.3 Å². The van der Waals surface area contributed by atoms with Crippen molar-refractivity contribution in [3.8, 4) is 16.9 Å². The molecule has 9 heteroatoms. The summed E-state index contributed by atoms with van der Waals surface area (Å²) in [5.41, 5.74) is 1.02. The fourth-order valence-corrected chi connectivity index (χ4v) is 4.40. The lowest BCUT2D eigenvalue weighted by Gasteiger charge is -2.09. The molecule has 1 N–H and O–H groups in total. The molecule has 8 nitrogen and oxygen atoms in total. The molecule has 0 unspecified atom stereocenters. The van der Waals surface area contributed by atoms with Crippen LogP contribution in [-0.2, 0) is 10.1 Å². The van der Waals surface area contributed by atoms with Crippen LogP contribution in [0.15, 0.2) is 87.1 Å². The van der Waals surface area contributed by atoms with Crippen molar-refractivity contribution >= 4 is 32.9 Å². The minimum absolute atomic E-state index is 0.0439. The molecule has 0 saturated carbocycles. The van der Waals surface area contributed by atoms with Crippen LogP contribution in [0.25, 0.3) is 22.1 Å². The van der Waals surface area contributed by atoms with Crippen molar-refractivity contribution in [2.24, 2.45) is 0 Å². The predicted octanol–water partition coefficient (Wildman–Crippen LogP) is 3.11. The standard InChI is InChI=1S/C23H13NO7S/c25-21-17-8-6-14(10-20(17)30-12-19(21)13-4-2-1-3-5-13)31-32(28,29)15-7-9-16-18(11-15)23(27)24-22(16)26/h1-12H,(H,24,26,27). The van der Waals surface area contributed by atoms with Crippen molar-refractivity contribution in [3.63, 3.8) is 0 Å². The van der Waals surface area contributed by atoms with E-state index < -0.39 is 21.9 Å². The minimum Gasteiger partial charge on any atom is -0.463 e. The van der Waals surface area contributed by atoms with Gasteiger partial charge in [-0.3, -0.25) is 19.7 Å². The lowest BCUT2D eigenvalue weighted by atomic mass is 10.1. The van der Waals surface area contributed by atoms with E-state index in [0.717, 1.165) is 6.07 Å². The van der Waals surface area contributed by atoms with Crippen molar-refractivity contribution in [2.45, 2.75) is 4.90 Å². The average molecular weight is 447 g/mol. The molecule has 0 spiro atoms. The molecule has 0 radical (unpaired) electrons. The van der Waals surface area contributed by atoms with Crippen LogP contribution >= 0.6 is 0 Å². The summed E-state index contributed by atoms with van der Waals surface area (Å²) in [5.74, 6) is -1.34. The highest BCUT2D eigenvalue weighted by molar-refractivity contribution is 7.87. The van der Waals surface area contributed by atoms with E-state index in [0.29, 0.717) is 11.1 Å². The molecule has 0 aliphatic carbocycles. The molecule has 0 saturated heterocycles. The van der Waals surface area contributed by atoms with Crippen molar-refractivity contribution in [2.75, 3.05) is 0 Å². The molecule has 32 heavy (non-hydrogen) atoms. The smallest absolute Gasteiger partial charge is 0.339 e. The number of nitrogens with one attached hydrogen (secondary N) is 1. The molecule has 0 bridgehead atoms.